The molecule has 0 spiro atoms. The Morgan fingerprint density at radius 3 is 2.45 bits per heavy atom. The Kier molecular flexibility index (Phi) is 6.72. The summed E-state index contributed by atoms with van der Waals surface area (Å²) in [5, 5.41) is 0.242. The zero-order valence-electron chi connectivity index (χ0n) is 17.1. The smallest absolute Gasteiger partial charge is 0.332 e. The Balaban J connectivity index is 1.92. The molecule has 2 aromatic carbocycles. The van der Waals surface area contributed by atoms with Crippen LogP contribution in [-0.2, 0) is 20.1 Å². The molecule has 1 heterocycles. The molecule has 0 aliphatic heterocycles. The molecule has 0 aliphatic carbocycles. The number of hydrogen-bond acceptors (Lipinski definition) is 5. The van der Waals surface area contributed by atoms with Crippen LogP contribution in [0.2, 0.25) is 5.02 Å². The van der Waals surface area contributed by atoms with Crippen molar-refractivity contribution in [2.24, 2.45) is 7.05 Å². The van der Waals surface area contributed by atoms with Crippen molar-refractivity contribution in [2.45, 2.75) is 13.1 Å². The molecule has 3 rings (SSSR count). The second-order valence-electron chi connectivity index (χ2n) is 7.27. The third-order valence-corrected chi connectivity index (χ3v) is 5.30. The maximum atomic E-state index is 14.0. The van der Waals surface area contributed by atoms with Gasteiger partial charge in [0, 0.05) is 24.2 Å². The van der Waals surface area contributed by atoms with E-state index in [0.717, 1.165) is 10.1 Å². The van der Waals surface area contributed by atoms with Gasteiger partial charge in [0.15, 0.2) is 5.78 Å². The summed E-state index contributed by atoms with van der Waals surface area (Å²) in [6, 6.07) is 13.4. The standard InChI is InChI=1S/C22H22ClFN4O3/c1-26(12-15-16(23)9-6-10-17(15)24)13-18(29)19-20(25)28(22(31)27(2)21(19)30)11-14-7-4-3-5-8-14/h3-10H,11-13,25H2,1-2H3. The van der Waals surface area contributed by atoms with Gasteiger partial charge in [-0.2, -0.15) is 0 Å². The van der Waals surface area contributed by atoms with Gasteiger partial charge in [0.25, 0.3) is 5.56 Å². The predicted molar refractivity (Wildman–Crippen MR) is 118 cm³/mol. The number of carbonyl (C=O) groups excluding carboxylic acids is 1. The number of Topliss-reactive ketones (excluding diaryl/α,β-unsaturated/α-hetero) is 1. The lowest BCUT2D eigenvalue weighted by atomic mass is 10.1. The molecule has 9 heteroatoms. The molecule has 0 aliphatic rings. The molecule has 0 bridgehead atoms. The van der Waals surface area contributed by atoms with Gasteiger partial charge in [-0.05, 0) is 24.7 Å². The second kappa shape index (κ2) is 9.28. The Morgan fingerprint density at radius 1 is 1.13 bits per heavy atom. The number of hydrogen-bond donors (Lipinski definition) is 1. The van der Waals surface area contributed by atoms with Crippen LogP contribution >= 0.6 is 11.6 Å². The van der Waals surface area contributed by atoms with Crippen LogP contribution in [0.5, 0.6) is 0 Å². The van der Waals surface area contributed by atoms with Gasteiger partial charge in [0.05, 0.1) is 13.1 Å². The van der Waals surface area contributed by atoms with Gasteiger partial charge >= 0.3 is 5.69 Å². The number of nitrogens with zero attached hydrogens (tertiary/aromatic N) is 3. The Bertz CT molecular complexity index is 1220. The fourth-order valence-electron chi connectivity index (χ4n) is 3.30. The average molecular weight is 445 g/mol. The summed E-state index contributed by atoms with van der Waals surface area (Å²) in [5.74, 6) is -1.26. The summed E-state index contributed by atoms with van der Waals surface area (Å²) in [6.45, 7) is -0.0463. The topological polar surface area (TPSA) is 90.3 Å². The van der Waals surface area contributed by atoms with Crippen LogP contribution in [-0.4, -0.2) is 33.4 Å². The van der Waals surface area contributed by atoms with Gasteiger partial charge in [0.2, 0.25) is 0 Å². The molecule has 31 heavy (non-hydrogen) atoms. The number of rotatable bonds is 7. The minimum Gasteiger partial charge on any atom is -0.384 e. The number of nitrogens with two attached hydrogens (primary N) is 1. The molecule has 0 unspecified atom stereocenters. The van der Waals surface area contributed by atoms with Gasteiger partial charge in [-0.1, -0.05) is 48.0 Å². The molecule has 2 N–H and O–H groups in total. The minimum atomic E-state index is -0.769. The summed E-state index contributed by atoms with van der Waals surface area (Å²) < 4.78 is 16.1. The van der Waals surface area contributed by atoms with E-state index in [1.54, 1.807) is 13.1 Å². The van der Waals surface area contributed by atoms with Crippen LogP contribution in [0.15, 0.2) is 58.1 Å². The lowest BCUT2D eigenvalue weighted by molar-refractivity contribution is 0.0940. The van der Waals surface area contributed by atoms with Gasteiger partial charge in [-0.25, -0.2) is 9.18 Å². The summed E-state index contributed by atoms with van der Waals surface area (Å²) in [7, 11) is 2.90. The molecule has 162 valence electrons. The van der Waals surface area contributed by atoms with Crippen molar-refractivity contribution >= 4 is 23.2 Å². The van der Waals surface area contributed by atoms with Crippen LogP contribution in [0.1, 0.15) is 21.5 Å². The molecule has 0 radical (unpaired) electrons. The van der Waals surface area contributed by atoms with Crippen LogP contribution in [0.4, 0.5) is 10.2 Å². The third-order valence-electron chi connectivity index (χ3n) is 4.95. The van der Waals surface area contributed by atoms with E-state index in [1.165, 1.54) is 28.6 Å². The van der Waals surface area contributed by atoms with Crippen molar-refractivity contribution in [3.8, 4) is 0 Å². The fourth-order valence-corrected chi connectivity index (χ4v) is 3.52. The third kappa shape index (κ3) is 4.76. The first-order valence-electron chi connectivity index (χ1n) is 9.48. The highest BCUT2D eigenvalue weighted by atomic mass is 35.5. The van der Waals surface area contributed by atoms with E-state index < -0.39 is 22.8 Å². The predicted octanol–water partition coefficient (Wildman–Crippen LogP) is 2.28. The van der Waals surface area contributed by atoms with Crippen molar-refractivity contribution < 1.29 is 9.18 Å². The van der Waals surface area contributed by atoms with E-state index in [2.05, 4.69) is 0 Å². The molecule has 0 saturated carbocycles. The van der Waals surface area contributed by atoms with Crippen molar-refractivity contribution in [1.82, 2.24) is 14.0 Å². The first-order chi connectivity index (χ1) is 14.7. The lowest BCUT2D eigenvalue weighted by Gasteiger charge is -2.19. The van der Waals surface area contributed by atoms with E-state index in [9.17, 15) is 18.8 Å². The van der Waals surface area contributed by atoms with Crippen LogP contribution in [0.25, 0.3) is 0 Å². The molecular weight excluding hydrogens is 423 g/mol. The fraction of sp³-hybridized carbons (Fsp3) is 0.227. The van der Waals surface area contributed by atoms with E-state index in [0.29, 0.717) is 0 Å². The summed E-state index contributed by atoms with van der Waals surface area (Å²) in [4.78, 5) is 39.7. The monoisotopic (exact) mass is 444 g/mol. The summed E-state index contributed by atoms with van der Waals surface area (Å²) >= 11 is 6.05. The molecular formula is C22H22ClFN4O3. The maximum Gasteiger partial charge on any atom is 0.332 e. The number of halogens is 2. The lowest BCUT2D eigenvalue weighted by Crippen LogP contribution is -2.44. The van der Waals surface area contributed by atoms with Gasteiger partial charge in [-0.15, -0.1) is 0 Å². The van der Waals surface area contributed by atoms with Crippen molar-refractivity contribution in [3.05, 3.63) is 96.9 Å². The Morgan fingerprint density at radius 2 is 1.81 bits per heavy atom. The minimum absolute atomic E-state index is 0.0567. The van der Waals surface area contributed by atoms with Crippen LogP contribution < -0.4 is 17.0 Å². The van der Waals surface area contributed by atoms with Gasteiger partial charge < -0.3 is 5.73 Å². The zero-order valence-corrected chi connectivity index (χ0v) is 17.9. The summed E-state index contributed by atoms with van der Waals surface area (Å²) in [5.41, 5.74) is 5.49. The number of benzene rings is 2. The van der Waals surface area contributed by atoms with E-state index >= 15 is 0 Å². The number of ketones is 1. The SMILES string of the molecule is CN(CC(=O)c1c(N)n(Cc2ccccc2)c(=O)n(C)c1=O)Cc1c(F)cccc1Cl. The molecule has 7 nitrogen and oxygen atoms in total. The zero-order chi connectivity index (χ0) is 22.7. The van der Waals surface area contributed by atoms with E-state index in [4.69, 9.17) is 17.3 Å². The Hall–Kier alpha value is -3.23. The molecule has 0 fully saturated rings. The van der Waals surface area contributed by atoms with Crippen molar-refractivity contribution in [1.29, 1.82) is 0 Å². The highest BCUT2D eigenvalue weighted by molar-refractivity contribution is 6.31. The maximum absolute atomic E-state index is 14.0. The number of carbonyl (C=O) groups is 1. The number of likely N-dealkylation sites (N-methyl/N-ethyl adjacent to an activating group) is 1. The first kappa shape index (κ1) is 22.5. The van der Waals surface area contributed by atoms with Crippen molar-refractivity contribution in [3.63, 3.8) is 0 Å². The molecule has 1 aromatic heterocycles. The largest absolute Gasteiger partial charge is 0.384 e. The van der Waals surface area contributed by atoms with Crippen molar-refractivity contribution in [2.75, 3.05) is 19.3 Å². The van der Waals surface area contributed by atoms with E-state index in [1.807, 2.05) is 30.3 Å². The quantitative estimate of drug-likeness (QED) is 0.565. The van der Waals surface area contributed by atoms with Gasteiger partial charge in [-0.3, -0.25) is 23.6 Å². The molecule has 0 atom stereocenters. The van der Waals surface area contributed by atoms with Gasteiger partial charge in [0.1, 0.15) is 17.2 Å². The normalized spacial score (nSPS) is 11.1. The molecule has 0 saturated heterocycles. The highest BCUT2D eigenvalue weighted by Gasteiger charge is 2.23. The van der Waals surface area contributed by atoms with Crippen LogP contribution in [0, 0.1) is 5.82 Å². The number of nitrogen functional groups attached to an aromatic ring is 1. The molecule has 3 aromatic rings. The highest BCUT2D eigenvalue weighted by Crippen LogP contribution is 2.20. The second-order valence-corrected chi connectivity index (χ2v) is 7.68. The van der Waals surface area contributed by atoms with E-state index in [-0.39, 0.29) is 41.6 Å². The number of anilines is 1. The molecule has 0 amide bonds. The summed E-state index contributed by atoms with van der Waals surface area (Å²) in [6.07, 6.45) is 0. The number of aromatic nitrogens is 2. The Labute approximate surface area is 183 Å². The average Bonchev–Trinajstić information content (AvgIpc) is 2.73. The van der Waals surface area contributed by atoms with Crippen LogP contribution in [0.3, 0.4) is 0 Å². The first-order valence-corrected chi connectivity index (χ1v) is 9.86.